The van der Waals surface area contributed by atoms with E-state index in [-0.39, 0.29) is 0 Å². The third kappa shape index (κ3) is 6.52. The van der Waals surface area contributed by atoms with Gasteiger partial charge in [-0.3, -0.25) is 0 Å². The van der Waals surface area contributed by atoms with Crippen LogP contribution in [0.1, 0.15) is 11.1 Å². The van der Waals surface area contributed by atoms with Crippen molar-refractivity contribution in [1.82, 2.24) is 18.7 Å². The minimum Gasteiger partial charge on any atom is -0.309 e. The lowest BCUT2D eigenvalue weighted by Gasteiger charge is -2.20. The number of fused-ring (bicyclic) bond motifs is 9. The smallest absolute Gasteiger partial charge is 0.101 e. The first-order valence-electron chi connectivity index (χ1n) is 24.4. The molecule has 0 aliphatic rings. The Morgan fingerprint density at radius 2 is 0.671 bits per heavy atom. The highest BCUT2D eigenvalue weighted by atomic mass is 15.0. The molecule has 6 heteroatoms. The standard InChI is InChI=1S/C67H40N6/c68-41-46-14-13-21-50(58(46)42-69)57-40-59(43-28-34-47(35-29-43)71-60-22-7-1-15-51(60)52-16-2-8-23-61(52)71)70-67(45-32-38-49(39-33-45)73-64-26-11-5-19-55(64)56-20-6-12-27-65(56)73)66(57)44-30-36-48(37-31-44)72-62-24-9-3-17-53(62)54-18-4-10-25-63(54)72/h1-40H. The number of hydrogen-bond acceptors (Lipinski definition) is 3. The van der Waals surface area contributed by atoms with E-state index < -0.39 is 0 Å². The van der Waals surface area contributed by atoms with Gasteiger partial charge in [0.05, 0.1) is 55.6 Å². The molecule has 10 aromatic carbocycles. The van der Waals surface area contributed by atoms with Crippen LogP contribution in [0.4, 0.5) is 0 Å². The summed E-state index contributed by atoms with van der Waals surface area (Å²) in [5.41, 5.74) is 17.1. The first-order chi connectivity index (χ1) is 36.1. The maximum Gasteiger partial charge on any atom is 0.101 e. The summed E-state index contributed by atoms with van der Waals surface area (Å²) in [6.07, 6.45) is 0. The van der Waals surface area contributed by atoms with Crippen LogP contribution in [-0.4, -0.2) is 18.7 Å². The third-order valence-electron chi connectivity index (χ3n) is 14.6. The number of nitrogens with zero attached hydrogens (tertiary/aromatic N) is 6. The van der Waals surface area contributed by atoms with Gasteiger partial charge in [0.25, 0.3) is 0 Å². The van der Waals surface area contributed by atoms with Crippen LogP contribution in [0.3, 0.4) is 0 Å². The van der Waals surface area contributed by atoms with Gasteiger partial charge < -0.3 is 13.7 Å². The Kier molecular flexibility index (Phi) is 9.54. The Morgan fingerprint density at radius 3 is 1.04 bits per heavy atom. The molecular weight excluding hydrogens is 889 g/mol. The average Bonchev–Trinajstić information content (AvgIpc) is 4.12. The van der Waals surface area contributed by atoms with Crippen molar-refractivity contribution in [2.45, 2.75) is 0 Å². The second-order valence-corrected chi connectivity index (χ2v) is 18.5. The van der Waals surface area contributed by atoms with E-state index in [9.17, 15) is 10.5 Å². The lowest BCUT2D eigenvalue weighted by molar-refractivity contribution is 1.18. The molecule has 4 aromatic heterocycles. The summed E-state index contributed by atoms with van der Waals surface area (Å²) in [4.78, 5) is 5.65. The molecule has 0 spiro atoms. The predicted molar refractivity (Wildman–Crippen MR) is 298 cm³/mol. The van der Waals surface area contributed by atoms with Crippen molar-refractivity contribution < 1.29 is 0 Å². The Balaban J connectivity index is 0.997. The van der Waals surface area contributed by atoms with Crippen molar-refractivity contribution in [3.8, 4) is 74.0 Å². The van der Waals surface area contributed by atoms with Crippen LogP contribution in [0.5, 0.6) is 0 Å². The molecule has 14 rings (SSSR count). The fourth-order valence-corrected chi connectivity index (χ4v) is 11.3. The van der Waals surface area contributed by atoms with Crippen molar-refractivity contribution in [1.29, 1.82) is 10.5 Å². The Morgan fingerprint density at radius 1 is 0.315 bits per heavy atom. The highest BCUT2D eigenvalue weighted by Crippen LogP contribution is 2.45. The highest BCUT2D eigenvalue weighted by molar-refractivity contribution is 6.11. The zero-order valence-corrected chi connectivity index (χ0v) is 39.3. The van der Waals surface area contributed by atoms with Gasteiger partial charge in [-0.25, -0.2) is 4.98 Å². The molecule has 0 N–H and O–H groups in total. The zero-order valence-electron chi connectivity index (χ0n) is 39.3. The van der Waals surface area contributed by atoms with E-state index in [2.05, 4.69) is 250 Å². The first kappa shape index (κ1) is 41.7. The highest BCUT2D eigenvalue weighted by Gasteiger charge is 2.23. The van der Waals surface area contributed by atoms with E-state index in [0.29, 0.717) is 16.7 Å². The van der Waals surface area contributed by atoms with Gasteiger partial charge >= 0.3 is 0 Å². The van der Waals surface area contributed by atoms with E-state index >= 15 is 0 Å². The normalized spacial score (nSPS) is 11.5. The van der Waals surface area contributed by atoms with Crippen molar-refractivity contribution in [2.24, 2.45) is 0 Å². The van der Waals surface area contributed by atoms with Gasteiger partial charge in [-0.2, -0.15) is 10.5 Å². The maximum atomic E-state index is 10.9. The minimum atomic E-state index is 0.318. The Labute approximate surface area is 420 Å². The van der Waals surface area contributed by atoms with Gasteiger partial charge in [0, 0.05) is 71.6 Å². The van der Waals surface area contributed by atoms with Crippen LogP contribution in [0, 0.1) is 22.7 Å². The van der Waals surface area contributed by atoms with Crippen LogP contribution < -0.4 is 0 Å². The van der Waals surface area contributed by atoms with Crippen LogP contribution in [0.2, 0.25) is 0 Å². The molecular formula is C67H40N6. The van der Waals surface area contributed by atoms with Gasteiger partial charge in [0.15, 0.2) is 0 Å². The van der Waals surface area contributed by atoms with E-state index in [0.717, 1.165) is 89.4 Å². The van der Waals surface area contributed by atoms with E-state index in [1.165, 1.54) is 32.3 Å². The molecule has 0 unspecified atom stereocenters. The van der Waals surface area contributed by atoms with Crippen LogP contribution >= 0.6 is 0 Å². The number of aromatic nitrogens is 4. The van der Waals surface area contributed by atoms with Crippen LogP contribution in [-0.2, 0) is 0 Å². The molecule has 0 aliphatic heterocycles. The lowest BCUT2D eigenvalue weighted by atomic mass is 9.87. The Bertz CT molecular complexity index is 4450. The molecule has 6 nitrogen and oxygen atoms in total. The molecule has 338 valence electrons. The predicted octanol–water partition coefficient (Wildman–Crippen LogP) is 16.8. The van der Waals surface area contributed by atoms with Gasteiger partial charge in [-0.15, -0.1) is 0 Å². The number of para-hydroxylation sites is 6. The maximum absolute atomic E-state index is 10.9. The number of nitriles is 2. The molecule has 0 aliphatic carbocycles. The summed E-state index contributed by atoms with van der Waals surface area (Å²) in [7, 11) is 0. The summed E-state index contributed by atoms with van der Waals surface area (Å²) < 4.78 is 6.96. The number of rotatable bonds is 7. The van der Waals surface area contributed by atoms with Crippen molar-refractivity contribution >= 4 is 65.4 Å². The third-order valence-corrected chi connectivity index (χ3v) is 14.6. The lowest BCUT2D eigenvalue weighted by Crippen LogP contribution is -2.00. The molecule has 0 atom stereocenters. The topological polar surface area (TPSA) is 75.3 Å². The fraction of sp³-hybridized carbons (Fsp3) is 0. The SMILES string of the molecule is N#Cc1cccc(-c2cc(-c3ccc(-n4c5ccccc5c5ccccc54)cc3)nc(-c3ccc(-n4c5ccccc5c5ccccc54)cc3)c2-c2ccc(-n3c4ccccc4c4ccccc43)cc2)c1C#N. The summed E-state index contributed by atoms with van der Waals surface area (Å²) in [6, 6.07) is 89.5. The molecule has 0 saturated heterocycles. The van der Waals surface area contributed by atoms with Gasteiger partial charge in [-0.1, -0.05) is 158 Å². The van der Waals surface area contributed by atoms with Crippen molar-refractivity contribution in [3.63, 3.8) is 0 Å². The molecule has 0 saturated carbocycles. The average molecular weight is 929 g/mol. The first-order valence-corrected chi connectivity index (χ1v) is 24.4. The largest absolute Gasteiger partial charge is 0.309 e. The summed E-state index contributed by atoms with van der Waals surface area (Å²) in [5.74, 6) is 0. The fourth-order valence-electron chi connectivity index (χ4n) is 11.3. The summed E-state index contributed by atoms with van der Waals surface area (Å²) in [5, 5.41) is 28.4. The van der Waals surface area contributed by atoms with Gasteiger partial charge in [0.1, 0.15) is 12.1 Å². The second-order valence-electron chi connectivity index (χ2n) is 18.5. The molecule has 14 aromatic rings. The van der Waals surface area contributed by atoms with Gasteiger partial charge in [0.2, 0.25) is 0 Å². The molecule has 0 radical (unpaired) electrons. The Hall–Kier alpha value is -10.3. The van der Waals surface area contributed by atoms with Gasteiger partial charge in [-0.05, 0) is 96.1 Å². The van der Waals surface area contributed by atoms with Crippen molar-refractivity contribution in [2.75, 3.05) is 0 Å². The monoisotopic (exact) mass is 928 g/mol. The number of pyridine rings is 1. The summed E-state index contributed by atoms with van der Waals surface area (Å²) in [6.45, 7) is 0. The molecule has 73 heavy (non-hydrogen) atoms. The molecule has 0 fully saturated rings. The number of hydrogen-bond donors (Lipinski definition) is 0. The van der Waals surface area contributed by atoms with Crippen molar-refractivity contribution in [3.05, 3.63) is 254 Å². The minimum absolute atomic E-state index is 0.318. The molecule has 0 bridgehead atoms. The number of benzene rings is 10. The van der Waals surface area contributed by atoms with E-state index in [1.807, 2.05) is 12.1 Å². The van der Waals surface area contributed by atoms with Crippen LogP contribution in [0.15, 0.2) is 243 Å². The molecule has 4 heterocycles. The summed E-state index contributed by atoms with van der Waals surface area (Å²) >= 11 is 0. The second kappa shape index (κ2) is 16.7. The van der Waals surface area contributed by atoms with E-state index in [4.69, 9.17) is 4.98 Å². The van der Waals surface area contributed by atoms with Crippen LogP contribution in [0.25, 0.3) is 127 Å². The van der Waals surface area contributed by atoms with E-state index in [1.54, 1.807) is 6.07 Å². The quantitative estimate of drug-likeness (QED) is 0.160. The molecule has 0 amide bonds. The zero-order chi connectivity index (χ0) is 48.6.